The predicted molar refractivity (Wildman–Crippen MR) is 245 cm³/mol. The molecule has 0 aliphatic carbocycles. The molecule has 2 aliphatic heterocycles. The van der Waals surface area contributed by atoms with Crippen LogP contribution in [0.25, 0.3) is 22.3 Å². The Morgan fingerprint density at radius 2 is 1.29 bits per heavy atom. The van der Waals surface area contributed by atoms with Gasteiger partial charge < -0.3 is 38.8 Å². The van der Waals surface area contributed by atoms with Crippen molar-refractivity contribution in [2.75, 3.05) is 19.3 Å². The van der Waals surface area contributed by atoms with Gasteiger partial charge in [-0.25, -0.2) is 24.9 Å². The third-order valence-corrected chi connectivity index (χ3v) is 14.5. The van der Waals surface area contributed by atoms with Gasteiger partial charge in [0.2, 0.25) is 13.6 Å². The van der Waals surface area contributed by atoms with Crippen LogP contribution in [0.2, 0.25) is 0 Å². The molecular weight excluding hydrogens is 956 g/mol. The van der Waals surface area contributed by atoms with Crippen LogP contribution < -0.4 is 30.2 Å². The van der Waals surface area contributed by atoms with Gasteiger partial charge in [-0.15, -0.1) is 0 Å². The molecule has 4 aromatic carbocycles. The number of nitrogen functional groups attached to an aromatic ring is 1. The van der Waals surface area contributed by atoms with Gasteiger partial charge in [0.25, 0.3) is 0 Å². The fourth-order valence-corrected chi connectivity index (χ4v) is 10.2. The van der Waals surface area contributed by atoms with E-state index in [1.54, 1.807) is 6.33 Å². The van der Waals surface area contributed by atoms with Crippen LogP contribution in [0.15, 0.2) is 127 Å². The molecule has 0 amide bonds. The van der Waals surface area contributed by atoms with Crippen molar-refractivity contribution in [3.63, 3.8) is 0 Å². The van der Waals surface area contributed by atoms with Crippen molar-refractivity contribution in [1.82, 2.24) is 39.0 Å². The first-order valence-corrected chi connectivity index (χ1v) is 23.1. The third-order valence-electron chi connectivity index (χ3n) is 10.6. The van der Waals surface area contributed by atoms with Crippen molar-refractivity contribution in [2.24, 2.45) is 0 Å². The van der Waals surface area contributed by atoms with Gasteiger partial charge in [-0.1, -0.05) is 98.0 Å². The second-order valence-electron chi connectivity index (χ2n) is 14.4. The number of imidazole rings is 2. The van der Waals surface area contributed by atoms with Crippen molar-refractivity contribution < 1.29 is 18.9 Å². The minimum Gasteiger partial charge on any atom is -0.454 e. The number of nitrogens with zero attached hydrogens (tertiary/aromatic N) is 7. The van der Waals surface area contributed by atoms with E-state index in [1.165, 1.54) is 41.0 Å². The molecule has 18 heteroatoms. The molecule has 0 spiro atoms. The first-order chi connectivity index (χ1) is 30.3. The molecule has 0 saturated carbocycles. The smallest absolute Gasteiger partial charge is 0.231 e. The highest BCUT2D eigenvalue weighted by molar-refractivity contribution is 9.10. The summed E-state index contributed by atoms with van der Waals surface area (Å²) in [6.07, 6.45) is 5.19. The second kappa shape index (κ2) is 18.4. The van der Waals surface area contributed by atoms with Crippen LogP contribution in [0.4, 0.5) is 5.82 Å². The molecule has 10 rings (SSSR count). The summed E-state index contributed by atoms with van der Waals surface area (Å²) in [4.78, 5) is 27.7. The van der Waals surface area contributed by atoms with Crippen molar-refractivity contribution in [2.45, 2.75) is 71.7 Å². The summed E-state index contributed by atoms with van der Waals surface area (Å²) >= 11 is 10.2. The van der Waals surface area contributed by atoms with Gasteiger partial charge >= 0.3 is 0 Å². The molecule has 14 nitrogen and oxygen atoms in total. The summed E-state index contributed by atoms with van der Waals surface area (Å²) in [6, 6.07) is 28.7. The number of ether oxygens (including phenoxy) is 4. The number of rotatable bonds is 12. The summed E-state index contributed by atoms with van der Waals surface area (Å²) < 4.78 is 27.9. The van der Waals surface area contributed by atoms with Crippen LogP contribution in [0.5, 0.6) is 23.0 Å². The molecule has 4 aromatic heterocycles. The minimum atomic E-state index is 0.183. The van der Waals surface area contributed by atoms with E-state index in [4.69, 9.17) is 40.1 Å². The maximum absolute atomic E-state index is 8.24. The van der Waals surface area contributed by atoms with Crippen molar-refractivity contribution in [1.29, 1.82) is 5.41 Å². The molecule has 0 fully saturated rings. The Labute approximate surface area is 381 Å². The van der Waals surface area contributed by atoms with Gasteiger partial charge in [0.15, 0.2) is 61.4 Å². The van der Waals surface area contributed by atoms with Crippen LogP contribution in [-0.2, 0) is 13.1 Å². The summed E-state index contributed by atoms with van der Waals surface area (Å²) in [5.41, 5.74) is 11.6. The average molecular weight is 997 g/mol. The maximum atomic E-state index is 8.24. The fraction of sp³-hybridized carbons (Fsp3) is 0.227. The van der Waals surface area contributed by atoms with Crippen LogP contribution in [-0.4, -0.2) is 52.6 Å². The lowest BCUT2D eigenvalue weighted by molar-refractivity contribution is 0.173. The first-order valence-electron chi connectivity index (χ1n) is 19.9. The Hall–Kier alpha value is -5.56. The van der Waals surface area contributed by atoms with Gasteiger partial charge in [0.1, 0.15) is 11.8 Å². The monoisotopic (exact) mass is 994 g/mol. The van der Waals surface area contributed by atoms with Crippen LogP contribution in [0, 0.1) is 5.41 Å². The predicted octanol–water partition coefficient (Wildman–Crippen LogP) is 10.3. The summed E-state index contributed by atoms with van der Waals surface area (Å²) in [5, 5.41) is 9.73. The quantitative estimate of drug-likeness (QED) is 0.106. The molecule has 0 saturated heterocycles. The summed E-state index contributed by atoms with van der Waals surface area (Å²) in [6.45, 7) is 6.32. The lowest BCUT2D eigenvalue weighted by atomic mass is 9.96. The molecule has 2 atom stereocenters. The van der Waals surface area contributed by atoms with Crippen molar-refractivity contribution in [3.8, 4) is 23.0 Å². The molecular formula is C44H40Br2N10O4S2. The standard InChI is InChI=1S/2C22H20BrN5O2S/c1-2-13(14-6-4-3-5-7-14)10-28-11-25-20(24)19-21(28)27-22(26-19)31-18-9-17-16(8-15(18)23)29-12-30-17;1-2-13(14-6-4-3-5-7-14)10-28-21-19(20(24)25-11-26-21)27-22(28)31-18-9-17-16(8-15(18)23)29-12-30-17/h3-9,11,13,24H,2,10,12H2,1H3,(H,26,27);3-9,11,13H,2,10,12H2,1H3,(H2,24,25,26). The number of benzene rings is 4. The Balaban J connectivity index is 0.000000158. The lowest BCUT2D eigenvalue weighted by Crippen LogP contribution is -2.16. The zero-order valence-corrected chi connectivity index (χ0v) is 38.4. The molecule has 62 heavy (non-hydrogen) atoms. The Kier molecular flexibility index (Phi) is 12.4. The number of aromatic amines is 1. The van der Waals surface area contributed by atoms with Crippen LogP contribution >= 0.6 is 55.4 Å². The number of hydrogen-bond donors (Lipinski definition) is 3. The number of anilines is 1. The van der Waals surface area contributed by atoms with Gasteiger partial charge in [-0.2, -0.15) is 0 Å². The normalized spacial score (nSPS) is 13.6. The largest absolute Gasteiger partial charge is 0.454 e. The minimum absolute atomic E-state index is 0.183. The number of halogens is 2. The molecule has 316 valence electrons. The topological polar surface area (TPSA) is 177 Å². The van der Waals surface area contributed by atoms with Crippen molar-refractivity contribution >= 4 is 83.5 Å². The SMILES string of the molecule is CCC(Cn1c(Sc2cc3c(cc2Br)OCO3)nc2c(N)ncnc21)c1ccccc1.CCC(Cn1cnc(=N)c2[nH]c(Sc3cc4c(cc3Br)OCO4)nc21)c1ccccc1. The second-order valence-corrected chi connectivity index (χ2v) is 18.2. The number of H-pyrrole nitrogens is 1. The van der Waals surface area contributed by atoms with E-state index < -0.39 is 0 Å². The van der Waals surface area contributed by atoms with Crippen LogP contribution in [0.1, 0.15) is 49.7 Å². The fourth-order valence-electron chi connectivity index (χ4n) is 7.33. The van der Waals surface area contributed by atoms with Crippen molar-refractivity contribution in [3.05, 3.63) is 123 Å². The maximum Gasteiger partial charge on any atom is 0.231 e. The molecule has 0 radical (unpaired) electrons. The van der Waals surface area contributed by atoms with E-state index in [0.717, 1.165) is 78.4 Å². The van der Waals surface area contributed by atoms with E-state index in [1.807, 2.05) is 41.0 Å². The van der Waals surface area contributed by atoms with E-state index in [0.29, 0.717) is 39.6 Å². The lowest BCUT2D eigenvalue weighted by Gasteiger charge is -2.18. The summed E-state index contributed by atoms with van der Waals surface area (Å²) in [5.74, 6) is 3.93. The number of nitrogens with two attached hydrogens (primary N) is 1. The number of hydrogen-bond acceptors (Lipinski definition) is 13. The molecule has 4 N–H and O–H groups in total. The highest BCUT2D eigenvalue weighted by atomic mass is 79.9. The van der Waals surface area contributed by atoms with E-state index in [-0.39, 0.29) is 19.1 Å². The van der Waals surface area contributed by atoms with Gasteiger partial charge in [0, 0.05) is 43.7 Å². The van der Waals surface area contributed by atoms with E-state index in [2.05, 4.69) is 119 Å². The zero-order chi connectivity index (χ0) is 42.7. The summed E-state index contributed by atoms with van der Waals surface area (Å²) in [7, 11) is 0. The average Bonchev–Trinajstić information content (AvgIpc) is 4.11. The van der Waals surface area contributed by atoms with E-state index >= 15 is 0 Å². The molecule has 2 aliphatic rings. The zero-order valence-electron chi connectivity index (χ0n) is 33.5. The Bertz CT molecular complexity index is 2950. The number of fused-ring (bicyclic) bond motifs is 4. The Morgan fingerprint density at radius 1 is 0.726 bits per heavy atom. The number of aromatic nitrogens is 8. The van der Waals surface area contributed by atoms with Crippen LogP contribution in [0.3, 0.4) is 0 Å². The molecule has 6 heterocycles. The van der Waals surface area contributed by atoms with E-state index in [9.17, 15) is 0 Å². The molecule has 8 aromatic rings. The third kappa shape index (κ3) is 8.73. The van der Waals surface area contributed by atoms with Gasteiger partial charge in [-0.05, 0) is 80.1 Å². The molecule has 0 bridgehead atoms. The first kappa shape index (κ1) is 41.8. The molecule has 2 unspecified atom stereocenters. The van der Waals surface area contributed by atoms with Gasteiger partial charge in [0.05, 0.1) is 6.33 Å². The van der Waals surface area contributed by atoms with Gasteiger partial charge in [-0.3, -0.25) is 5.41 Å². The highest BCUT2D eigenvalue weighted by Gasteiger charge is 2.24. The number of nitrogens with one attached hydrogen (secondary N) is 2. The highest BCUT2D eigenvalue weighted by Crippen LogP contribution is 2.44. The Morgan fingerprint density at radius 3 is 1.89 bits per heavy atom.